The van der Waals surface area contributed by atoms with Crippen molar-refractivity contribution in [2.75, 3.05) is 7.11 Å². The molecule has 1 aliphatic rings. The van der Waals surface area contributed by atoms with Crippen LogP contribution in [0.5, 0.6) is 0 Å². The van der Waals surface area contributed by atoms with Crippen LogP contribution in [0.3, 0.4) is 0 Å². The molecule has 0 aromatic rings. The van der Waals surface area contributed by atoms with E-state index in [1.54, 1.807) is 5.32 Å². The molecule has 0 spiro atoms. The largest absolute Gasteiger partial charge is 0.620 e. The quantitative estimate of drug-likeness (QED) is 0.399. The van der Waals surface area contributed by atoms with Gasteiger partial charge in [0.2, 0.25) is 0 Å². The fraction of sp³-hybridized carbons (Fsp3) is 0.286. The van der Waals surface area contributed by atoms with E-state index in [2.05, 4.69) is 4.74 Å². The molecule has 1 unspecified atom stereocenters. The number of esters is 1. The van der Waals surface area contributed by atoms with E-state index in [0.717, 1.165) is 13.3 Å². The third kappa shape index (κ3) is 2.15. The molecule has 3 amide bonds. The van der Waals surface area contributed by atoms with Crippen LogP contribution < -0.4 is 10.4 Å². The van der Waals surface area contributed by atoms with Crippen molar-refractivity contribution in [2.24, 2.45) is 0 Å². The molecule has 2 N–H and O–H groups in total. The molecule has 0 saturated heterocycles. The van der Waals surface area contributed by atoms with E-state index in [1.807, 2.05) is 0 Å². The van der Waals surface area contributed by atoms with Gasteiger partial charge >= 0.3 is 12.0 Å². The minimum absolute atomic E-state index is 0.0681. The van der Waals surface area contributed by atoms with Crippen LogP contribution in [0.2, 0.25) is 0 Å². The van der Waals surface area contributed by atoms with Crippen molar-refractivity contribution in [2.45, 2.75) is 6.42 Å². The van der Waals surface area contributed by atoms with Crippen molar-refractivity contribution in [3.8, 4) is 0 Å². The number of nitrogens with one attached hydrogen (secondary N) is 2. The molecule has 0 bridgehead atoms. The zero-order valence-electron chi connectivity index (χ0n) is 7.33. The minimum atomic E-state index is -0.983. The molecule has 14 heavy (non-hydrogen) atoms. The number of amides is 3. The van der Waals surface area contributed by atoms with Gasteiger partial charge in [-0.15, -0.1) is 0 Å². The lowest BCUT2D eigenvalue weighted by atomic mass is 10.2. The van der Waals surface area contributed by atoms with Gasteiger partial charge in [-0.2, -0.15) is 0 Å². The summed E-state index contributed by atoms with van der Waals surface area (Å²) in [4.78, 5) is 32.5. The molecule has 0 aliphatic carbocycles. The Morgan fingerprint density at radius 3 is 2.86 bits per heavy atom. The van der Waals surface area contributed by atoms with Crippen molar-refractivity contribution in [1.82, 2.24) is 5.32 Å². The van der Waals surface area contributed by atoms with Crippen LogP contribution in [0.25, 0.3) is 0 Å². The molecule has 1 aliphatic heterocycles. The smallest absolute Gasteiger partial charge is 0.426 e. The molecule has 0 radical (unpaired) electrons. The SMILES string of the molecule is COC(=O)CC1=C[NH+]([O-])C(=O)NC1=O. The van der Waals surface area contributed by atoms with Crippen LogP contribution in [0.1, 0.15) is 6.42 Å². The number of ether oxygens (including phenoxy) is 1. The highest BCUT2D eigenvalue weighted by Gasteiger charge is 2.26. The number of rotatable bonds is 2. The van der Waals surface area contributed by atoms with E-state index in [4.69, 9.17) is 0 Å². The monoisotopic (exact) mass is 200 g/mol. The predicted octanol–water partition coefficient (Wildman–Crippen LogP) is -1.93. The normalized spacial score (nSPS) is 21.3. The van der Waals surface area contributed by atoms with Gasteiger partial charge in [0, 0.05) is 0 Å². The molecular weight excluding hydrogens is 192 g/mol. The molecule has 1 atom stereocenters. The van der Waals surface area contributed by atoms with E-state index >= 15 is 0 Å². The van der Waals surface area contributed by atoms with Gasteiger partial charge in [0.15, 0.2) is 0 Å². The second-order valence-corrected chi connectivity index (χ2v) is 2.57. The van der Waals surface area contributed by atoms with Gasteiger partial charge in [0.25, 0.3) is 5.91 Å². The number of hydrogen-bond acceptors (Lipinski definition) is 5. The minimum Gasteiger partial charge on any atom is -0.620 e. The van der Waals surface area contributed by atoms with E-state index < -0.39 is 23.0 Å². The highest BCUT2D eigenvalue weighted by atomic mass is 16.5. The van der Waals surface area contributed by atoms with Gasteiger partial charge in [-0.05, 0) is 0 Å². The highest BCUT2D eigenvalue weighted by molar-refractivity contribution is 6.05. The number of quaternary nitrogens is 1. The van der Waals surface area contributed by atoms with Crippen molar-refractivity contribution >= 4 is 17.9 Å². The summed E-state index contributed by atoms with van der Waals surface area (Å²) in [7, 11) is 1.16. The van der Waals surface area contributed by atoms with Crippen molar-refractivity contribution < 1.29 is 24.2 Å². The summed E-state index contributed by atoms with van der Waals surface area (Å²) in [5.41, 5.74) is -0.0681. The Balaban J connectivity index is 2.77. The Hall–Kier alpha value is -1.73. The molecule has 0 aromatic heterocycles. The van der Waals surface area contributed by atoms with Gasteiger partial charge in [0.05, 0.1) is 19.1 Å². The topological polar surface area (TPSA) is 100.0 Å². The number of hydrogen-bond donors (Lipinski definition) is 2. The van der Waals surface area contributed by atoms with Crippen LogP contribution in [-0.2, 0) is 14.3 Å². The van der Waals surface area contributed by atoms with Gasteiger partial charge in [-0.3, -0.25) is 14.7 Å². The second-order valence-electron chi connectivity index (χ2n) is 2.57. The highest BCUT2D eigenvalue weighted by Crippen LogP contribution is 2.02. The van der Waals surface area contributed by atoms with Gasteiger partial charge in [-0.25, -0.2) is 10.1 Å². The first-order chi connectivity index (χ1) is 6.54. The molecule has 0 aromatic carbocycles. The van der Waals surface area contributed by atoms with Crippen LogP contribution in [0.15, 0.2) is 11.8 Å². The summed E-state index contributed by atoms with van der Waals surface area (Å²) in [5.74, 6) is -1.38. The summed E-state index contributed by atoms with van der Waals surface area (Å²) < 4.78 is 4.31. The Morgan fingerprint density at radius 2 is 2.29 bits per heavy atom. The summed E-state index contributed by atoms with van der Waals surface area (Å²) in [5, 5.41) is 11.8. The fourth-order valence-electron chi connectivity index (χ4n) is 0.893. The zero-order chi connectivity index (χ0) is 10.7. The molecule has 1 rings (SSSR count). The number of methoxy groups -OCH3 is 1. The van der Waals surface area contributed by atoms with E-state index in [1.165, 1.54) is 0 Å². The molecule has 0 saturated carbocycles. The van der Waals surface area contributed by atoms with Crippen molar-refractivity contribution in [3.05, 3.63) is 17.0 Å². The van der Waals surface area contributed by atoms with Crippen molar-refractivity contribution in [1.29, 1.82) is 0 Å². The molecule has 7 heteroatoms. The Morgan fingerprint density at radius 1 is 1.64 bits per heavy atom. The van der Waals surface area contributed by atoms with Crippen LogP contribution >= 0.6 is 0 Å². The molecule has 0 fully saturated rings. The zero-order valence-corrected chi connectivity index (χ0v) is 7.33. The average molecular weight is 200 g/mol. The summed E-state index contributed by atoms with van der Waals surface area (Å²) in [6.07, 6.45) is 0.527. The van der Waals surface area contributed by atoms with E-state index in [-0.39, 0.29) is 12.0 Å². The standard InChI is InChI=1S/C7H8N2O5/c1-14-5(10)2-4-3-9(13)7(12)8-6(4)11/h3,9H,2H2,1H3,(H,8,11,12). The summed E-state index contributed by atoms with van der Waals surface area (Å²) in [6, 6.07) is -0.983. The maximum absolute atomic E-state index is 11.0. The number of hydroxylamine groups is 2. The fourth-order valence-corrected chi connectivity index (χ4v) is 0.893. The van der Waals surface area contributed by atoms with E-state index in [9.17, 15) is 19.6 Å². The average Bonchev–Trinajstić information content (AvgIpc) is 2.14. The number of imide groups is 1. The first-order valence-electron chi connectivity index (χ1n) is 3.71. The maximum Gasteiger partial charge on any atom is 0.426 e. The molecule has 7 nitrogen and oxygen atoms in total. The van der Waals surface area contributed by atoms with Crippen LogP contribution in [-0.4, -0.2) is 25.0 Å². The van der Waals surface area contributed by atoms with Crippen LogP contribution in [0.4, 0.5) is 4.79 Å². The van der Waals surface area contributed by atoms with Gasteiger partial charge in [0.1, 0.15) is 6.20 Å². The Bertz CT molecular complexity index is 322. The maximum atomic E-state index is 11.0. The Kier molecular flexibility index (Phi) is 2.95. The number of carbonyl (C=O) groups is 3. The third-order valence-electron chi connectivity index (χ3n) is 1.61. The summed E-state index contributed by atoms with van der Waals surface area (Å²) >= 11 is 0. The second kappa shape index (κ2) is 3.99. The lowest BCUT2D eigenvalue weighted by molar-refractivity contribution is -0.698. The van der Waals surface area contributed by atoms with E-state index in [0.29, 0.717) is 0 Å². The van der Waals surface area contributed by atoms with Gasteiger partial charge in [-0.1, -0.05) is 0 Å². The van der Waals surface area contributed by atoms with Crippen LogP contribution in [0, 0.1) is 5.21 Å². The third-order valence-corrected chi connectivity index (χ3v) is 1.61. The van der Waals surface area contributed by atoms with Crippen molar-refractivity contribution in [3.63, 3.8) is 0 Å². The molecule has 76 valence electrons. The lowest BCUT2D eigenvalue weighted by Gasteiger charge is -2.20. The Labute approximate surface area is 78.9 Å². The number of carbonyl (C=O) groups excluding carboxylic acids is 3. The van der Waals surface area contributed by atoms with Gasteiger partial charge < -0.3 is 9.94 Å². The summed E-state index contributed by atoms with van der Waals surface area (Å²) in [6.45, 7) is 0. The first kappa shape index (κ1) is 10.4. The number of urea groups is 1. The first-order valence-corrected chi connectivity index (χ1v) is 3.71. The molecular formula is C7H8N2O5. The molecule has 1 heterocycles. The predicted molar refractivity (Wildman–Crippen MR) is 42.6 cm³/mol. The lowest BCUT2D eigenvalue weighted by Crippen LogP contribution is -3.08.